The zero-order valence-electron chi connectivity index (χ0n) is 12.4. The third-order valence-corrected chi connectivity index (χ3v) is 3.76. The molecule has 0 fully saturated rings. The van der Waals surface area contributed by atoms with E-state index in [9.17, 15) is 4.79 Å². The summed E-state index contributed by atoms with van der Waals surface area (Å²) in [7, 11) is 1.87. The molecule has 0 unspecified atom stereocenters. The van der Waals surface area contributed by atoms with Gasteiger partial charge in [0.2, 0.25) is 0 Å². The van der Waals surface area contributed by atoms with Crippen molar-refractivity contribution in [2.24, 2.45) is 7.05 Å². The predicted molar refractivity (Wildman–Crippen MR) is 89.5 cm³/mol. The summed E-state index contributed by atoms with van der Waals surface area (Å²) in [5.41, 5.74) is 3.23. The van der Waals surface area contributed by atoms with Crippen molar-refractivity contribution in [2.45, 2.75) is 6.54 Å². The Balaban J connectivity index is 1.65. The van der Waals surface area contributed by atoms with Crippen LogP contribution >= 0.6 is 15.9 Å². The number of aryl methyl sites for hydroxylation is 1. The molecule has 6 nitrogen and oxygen atoms in total. The first-order valence-electron chi connectivity index (χ1n) is 6.95. The van der Waals surface area contributed by atoms with E-state index >= 15 is 0 Å². The van der Waals surface area contributed by atoms with Gasteiger partial charge in [0.05, 0.1) is 17.0 Å². The molecule has 0 saturated carbocycles. The van der Waals surface area contributed by atoms with Crippen molar-refractivity contribution >= 4 is 21.8 Å². The lowest BCUT2D eigenvalue weighted by Crippen LogP contribution is -2.23. The van der Waals surface area contributed by atoms with Crippen LogP contribution in [0.15, 0.2) is 53.5 Å². The maximum Gasteiger partial charge on any atom is 0.253 e. The summed E-state index contributed by atoms with van der Waals surface area (Å²) in [5, 5.41) is 6.98. The third-order valence-electron chi connectivity index (χ3n) is 3.33. The Morgan fingerprint density at radius 3 is 2.78 bits per heavy atom. The van der Waals surface area contributed by atoms with Crippen LogP contribution in [0.3, 0.4) is 0 Å². The molecule has 3 aromatic rings. The molecule has 0 radical (unpaired) electrons. The lowest BCUT2D eigenvalue weighted by atomic mass is 10.2. The van der Waals surface area contributed by atoms with Gasteiger partial charge in [-0.25, -0.2) is 0 Å². The Kier molecular flexibility index (Phi) is 4.47. The summed E-state index contributed by atoms with van der Waals surface area (Å²) >= 11 is 3.30. The lowest BCUT2D eigenvalue weighted by molar-refractivity contribution is 0.0950. The van der Waals surface area contributed by atoms with Crippen LogP contribution in [0.1, 0.15) is 15.9 Å². The Bertz CT molecular complexity index is 828. The molecule has 7 heteroatoms. The summed E-state index contributed by atoms with van der Waals surface area (Å²) in [5.74, 6) is -0.172. The van der Waals surface area contributed by atoms with Gasteiger partial charge in [0.15, 0.2) is 0 Å². The van der Waals surface area contributed by atoms with Crippen molar-refractivity contribution < 1.29 is 4.79 Å². The summed E-state index contributed by atoms with van der Waals surface area (Å²) in [6.07, 6.45) is 6.65. The average molecular weight is 372 g/mol. The van der Waals surface area contributed by atoms with Crippen molar-refractivity contribution in [2.75, 3.05) is 0 Å². The van der Waals surface area contributed by atoms with E-state index in [0.29, 0.717) is 12.1 Å². The molecule has 3 heterocycles. The van der Waals surface area contributed by atoms with Crippen LogP contribution in [0.25, 0.3) is 11.4 Å². The van der Waals surface area contributed by atoms with Crippen molar-refractivity contribution in [3.05, 3.63) is 64.7 Å². The van der Waals surface area contributed by atoms with Crippen LogP contribution in [0.2, 0.25) is 0 Å². The highest BCUT2D eigenvalue weighted by molar-refractivity contribution is 9.10. The molecule has 0 bridgehead atoms. The molecule has 0 aromatic carbocycles. The SMILES string of the molecule is Cn1nccc1-c1ccc(CNC(=O)c2cncc(Br)c2)cn1. The highest BCUT2D eigenvalue weighted by atomic mass is 79.9. The van der Waals surface area contributed by atoms with Gasteiger partial charge in [-0.1, -0.05) is 6.07 Å². The molecule has 0 spiro atoms. The van der Waals surface area contributed by atoms with Crippen LogP contribution in [-0.2, 0) is 13.6 Å². The number of nitrogens with one attached hydrogen (secondary N) is 1. The van der Waals surface area contributed by atoms with E-state index in [1.165, 1.54) is 6.20 Å². The van der Waals surface area contributed by atoms with Crippen LogP contribution in [0.4, 0.5) is 0 Å². The zero-order chi connectivity index (χ0) is 16.2. The third kappa shape index (κ3) is 3.62. The molecular formula is C16H14BrN5O. The first-order valence-corrected chi connectivity index (χ1v) is 7.75. The minimum Gasteiger partial charge on any atom is -0.348 e. The van der Waals surface area contributed by atoms with Gasteiger partial charge in [-0.3, -0.25) is 19.4 Å². The summed E-state index contributed by atoms with van der Waals surface area (Å²) in [6.45, 7) is 0.407. The van der Waals surface area contributed by atoms with E-state index in [4.69, 9.17) is 0 Å². The lowest BCUT2D eigenvalue weighted by Gasteiger charge is -2.06. The largest absolute Gasteiger partial charge is 0.348 e. The standard InChI is InChI=1S/C16H14BrN5O/c1-22-15(4-5-21-22)14-3-2-11(7-19-14)8-20-16(23)12-6-13(17)10-18-9-12/h2-7,9-10H,8H2,1H3,(H,20,23). The minimum absolute atomic E-state index is 0.172. The van der Waals surface area contributed by atoms with Crippen LogP contribution in [-0.4, -0.2) is 25.7 Å². The van der Waals surface area contributed by atoms with E-state index in [-0.39, 0.29) is 5.91 Å². The molecule has 3 rings (SSSR count). The number of halogens is 1. The van der Waals surface area contributed by atoms with E-state index in [2.05, 4.69) is 36.3 Å². The highest BCUT2D eigenvalue weighted by Crippen LogP contribution is 2.15. The van der Waals surface area contributed by atoms with Gasteiger partial charge in [-0.05, 0) is 39.7 Å². The number of amides is 1. The van der Waals surface area contributed by atoms with Gasteiger partial charge in [0.25, 0.3) is 5.91 Å². The average Bonchev–Trinajstić information content (AvgIpc) is 2.99. The number of hydrogen-bond acceptors (Lipinski definition) is 4. The van der Waals surface area contributed by atoms with Gasteiger partial charge in [-0.2, -0.15) is 5.10 Å². The molecule has 1 amide bonds. The minimum atomic E-state index is -0.172. The number of aromatic nitrogens is 4. The molecule has 0 aliphatic carbocycles. The number of carbonyl (C=O) groups is 1. The Morgan fingerprint density at radius 1 is 1.26 bits per heavy atom. The van der Waals surface area contributed by atoms with E-state index in [1.807, 2.05) is 25.2 Å². The number of pyridine rings is 2. The fourth-order valence-corrected chi connectivity index (χ4v) is 2.49. The van der Waals surface area contributed by atoms with Crippen molar-refractivity contribution in [3.8, 4) is 11.4 Å². The van der Waals surface area contributed by atoms with E-state index in [0.717, 1.165) is 21.4 Å². The first-order chi connectivity index (χ1) is 11.1. The molecule has 116 valence electrons. The van der Waals surface area contributed by atoms with Gasteiger partial charge < -0.3 is 5.32 Å². The van der Waals surface area contributed by atoms with Crippen molar-refractivity contribution in [1.82, 2.24) is 25.1 Å². The second kappa shape index (κ2) is 6.70. The quantitative estimate of drug-likeness (QED) is 0.764. The van der Waals surface area contributed by atoms with Gasteiger partial charge in [0.1, 0.15) is 0 Å². The Labute approximate surface area is 141 Å². The summed E-state index contributed by atoms with van der Waals surface area (Å²) in [4.78, 5) is 20.5. The summed E-state index contributed by atoms with van der Waals surface area (Å²) < 4.78 is 2.54. The maximum atomic E-state index is 12.1. The van der Waals surface area contributed by atoms with Crippen molar-refractivity contribution in [3.63, 3.8) is 0 Å². The van der Waals surface area contributed by atoms with Gasteiger partial charge in [-0.15, -0.1) is 0 Å². The van der Waals surface area contributed by atoms with Crippen molar-refractivity contribution in [1.29, 1.82) is 0 Å². The summed E-state index contributed by atoms with van der Waals surface area (Å²) in [6, 6.07) is 7.49. The number of nitrogens with zero attached hydrogens (tertiary/aromatic N) is 4. The molecule has 1 N–H and O–H groups in total. The Hall–Kier alpha value is -2.54. The second-order valence-electron chi connectivity index (χ2n) is 4.97. The maximum absolute atomic E-state index is 12.1. The molecular weight excluding hydrogens is 358 g/mol. The normalized spacial score (nSPS) is 10.5. The van der Waals surface area contributed by atoms with E-state index in [1.54, 1.807) is 29.3 Å². The monoisotopic (exact) mass is 371 g/mol. The number of rotatable bonds is 4. The highest BCUT2D eigenvalue weighted by Gasteiger charge is 2.07. The number of carbonyl (C=O) groups excluding carboxylic acids is 1. The van der Waals surface area contributed by atoms with Gasteiger partial charge >= 0.3 is 0 Å². The Morgan fingerprint density at radius 2 is 2.13 bits per heavy atom. The molecule has 0 atom stereocenters. The fraction of sp³-hybridized carbons (Fsp3) is 0.125. The second-order valence-corrected chi connectivity index (χ2v) is 5.88. The fourth-order valence-electron chi connectivity index (χ4n) is 2.13. The molecule has 0 aliphatic heterocycles. The molecule has 0 aliphatic rings. The smallest absolute Gasteiger partial charge is 0.253 e. The van der Waals surface area contributed by atoms with Crippen LogP contribution < -0.4 is 5.32 Å². The predicted octanol–water partition coefficient (Wildman–Crippen LogP) is 2.57. The topological polar surface area (TPSA) is 72.7 Å². The van der Waals surface area contributed by atoms with Gasteiger partial charge in [0, 0.05) is 42.9 Å². The molecule has 23 heavy (non-hydrogen) atoms. The van der Waals surface area contributed by atoms with Crippen LogP contribution in [0, 0.1) is 0 Å². The molecule has 0 saturated heterocycles. The van der Waals surface area contributed by atoms with Crippen LogP contribution in [0.5, 0.6) is 0 Å². The first kappa shape index (κ1) is 15.4. The molecule has 3 aromatic heterocycles. The van der Waals surface area contributed by atoms with E-state index < -0.39 is 0 Å². The zero-order valence-corrected chi connectivity index (χ0v) is 14.0. The number of hydrogen-bond donors (Lipinski definition) is 1.